The van der Waals surface area contributed by atoms with Crippen LogP contribution in [0.4, 0.5) is 23.7 Å². The van der Waals surface area contributed by atoms with Crippen LogP contribution in [0.1, 0.15) is 43.4 Å². The van der Waals surface area contributed by atoms with Gasteiger partial charge in [-0.1, -0.05) is 31.4 Å². The van der Waals surface area contributed by atoms with Gasteiger partial charge in [0, 0.05) is 34.3 Å². The first-order chi connectivity index (χ1) is 15.8. The van der Waals surface area contributed by atoms with Crippen LogP contribution in [0.15, 0.2) is 52.4 Å². The Balaban J connectivity index is 1.49. The van der Waals surface area contributed by atoms with Gasteiger partial charge in [-0.2, -0.15) is 13.2 Å². The molecule has 2 amide bonds. The van der Waals surface area contributed by atoms with Crippen molar-refractivity contribution in [2.75, 3.05) is 5.32 Å². The van der Waals surface area contributed by atoms with E-state index in [0.29, 0.717) is 27.0 Å². The minimum Gasteiger partial charge on any atom is -0.334 e. The van der Waals surface area contributed by atoms with Gasteiger partial charge in [-0.05, 0) is 37.1 Å². The number of H-pyrrole nitrogens is 1. The minimum atomic E-state index is -4.53. The second-order valence-corrected chi connectivity index (χ2v) is 9.21. The van der Waals surface area contributed by atoms with Gasteiger partial charge in [0.05, 0.1) is 5.69 Å². The van der Waals surface area contributed by atoms with E-state index in [1.807, 2.05) is 0 Å². The molecule has 1 aliphatic carbocycles. The van der Waals surface area contributed by atoms with Crippen molar-refractivity contribution in [2.45, 2.75) is 55.1 Å². The van der Waals surface area contributed by atoms with Crippen LogP contribution in [0.25, 0.3) is 10.8 Å². The lowest BCUT2D eigenvalue weighted by Gasteiger charge is -2.22. The van der Waals surface area contributed by atoms with E-state index >= 15 is 0 Å². The summed E-state index contributed by atoms with van der Waals surface area (Å²) in [4.78, 5) is 30.9. The normalized spacial score (nSPS) is 14.9. The molecule has 33 heavy (non-hydrogen) atoms. The number of hydrogen-bond acceptors (Lipinski definition) is 4. The number of alkyl halides is 3. The summed E-state index contributed by atoms with van der Waals surface area (Å²) in [6, 6.07) is 8.45. The lowest BCUT2D eigenvalue weighted by atomic mass is 10.0. The van der Waals surface area contributed by atoms with Crippen molar-refractivity contribution < 1.29 is 18.0 Å². The molecule has 2 aromatic heterocycles. The number of carbonyl (C=O) groups is 1. The molecule has 0 spiro atoms. The minimum absolute atomic E-state index is 0.0252. The summed E-state index contributed by atoms with van der Waals surface area (Å²) in [7, 11) is 0. The molecule has 0 atom stereocenters. The average Bonchev–Trinajstić information content (AvgIpc) is 2.79. The second kappa shape index (κ2) is 9.86. The smallest absolute Gasteiger partial charge is 0.334 e. The van der Waals surface area contributed by atoms with Crippen molar-refractivity contribution in [1.29, 1.82) is 0 Å². The SMILES string of the molecule is O=C(NCc1ccc(C(F)(F)F)nc1SC1CCCCC1)Nc1cccc2c(=O)[nH]ccc12. The van der Waals surface area contributed by atoms with Crippen molar-refractivity contribution in [3.63, 3.8) is 0 Å². The van der Waals surface area contributed by atoms with E-state index in [-0.39, 0.29) is 17.4 Å². The molecule has 3 aromatic rings. The van der Waals surface area contributed by atoms with Crippen LogP contribution in [0.2, 0.25) is 0 Å². The zero-order valence-electron chi connectivity index (χ0n) is 17.7. The monoisotopic (exact) mass is 476 g/mol. The van der Waals surface area contributed by atoms with Crippen LogP contribution in [-0.2, 0) is 12.7 Å². The Labute approximate surface area is 192 Å². The van der Waals surface area contributed by atoms with Crippen molar-refractivity contribution in [3.8, 4) is 0 Å². The highest BCUT2D eigenvalue weighted by molar-refractivity contribution is 7.99. The molecule has 1 aromatic carbocycles. The molecule has 0 aliphatic heterocycles. The van der Waals surface area contributed by atoms with E-state index < -0.39 is 17.9 Å². The maximum absolute atomic E-state index is 13.2. The number of hydrogen-bond donors (Lipinski definition) is 3. The number of fused-ring (bicyclic) bond motifs is 1. The number of benzene rings is 1. The highest BCUT2D eigenvalue weighted by atomic mass is 32.2. The maximum atomic E-state index is 13.2. The Morgan fingerprint density at radius 1 is 1.09 bits per heavy atom. The Hall–Kier alpha value is -3.01. The molecule has 0 unspecified atom stereocenters. The molecule has 4 rings (SSSR count). The number of aromatic amines is 1. The zero-order chi connectivity index (χ0) is 23.4. The topological polar surface area (TPSA) is 86.9 Å². The van der Waals surface area contributed by atoms with Crippen LogP contribution in [-0.4, -0.2) is 21.2 Å². The number of rotatable bonds is 5. The quantitative estimate of drug-likeness (QED) is 0.442. The fraction of sp³-hybridized carbons (Fsp3) is 0.348. The van der Waals surface area contributed by atoms with E-state index in [1.165, 1.54) is 24.0 Å². The van der Waals surface area contributed by atoms with E-state index in [1.54, 1.807) is 24.3 Å². The highest BCUT2D eigenvalue weighted by Crippen LogP contribution is 2.36. The zero-order valence-corrected chi connectivity index (χ0v) is 18.5. The van der Waals surface area contributed by atoms with Crippen LogP contribution < -0.4 is 16.2 Å². The van der Waals surface area contributed by atoms with Crippen LogP contribution in [0.3, 0.4) is 0 Å². The molecular formula is C23H23F3N4O2S. The molecule has 174 valence electrons. The molecule has 3 N–H and O–H groups in total. The first-order valence-electron chi connectivity index (χ1n) is 10.7. The van der Waals surface area contributed by atoms with Gasteiger partial charge in [-0.25, -0.2) is 9.78 Å². The predicted molar refractivity (Wildman–Crippen MR) is 122 cm³/mol. The van der Waals surface area contributed by atoms with E-state index in [0.717, 1.165) is 38.2 Å². The number of urea groups is 1. The third-order valence-corrected chi connectivity index (χ3v) is 6.94. The molecule has 0 saturated heterocycles. The van der Waals surface area contributed by atoms with Crippen LogP contribution in [0.5, 0.6) is 0 Å². The Bertz CT molecular complexity index is 1210. The van der Waals surface area contributed by atoms with Gasteiger partial charge >= 0.3 is 12.2 Å². The lowest BCUT2D eigenvalue weighted by molar-refractivity contribution is -0.141. The number of halogens is 3. The van der Waals surface area contributed by atoms with E-state index in [4.69, 9.17) is 0 Å². The van der Waals surface area contributed by atoms with E-state index in [2.05, 4.69) is 20.6 Å². The van der Waals surface area contributed by atoms with E-state index in [9.17, 15) is 22.8 Å². The van der Waals surface area contributed by atoms with Crippen molar-refractivity contribution >= 4 is 34.3 Å². The molecule has 1 saturated carbocycles. The highest BCUT2D eigenvalue weighted by Gasteiger charge is 2.33. The summed E-state index contributed by atoms with van der Waals surface area (Å²) in [5, 5.41) is 6.94. The Kier molecular flexibility index (Phi) is 6.92. The third-order valence-electron chi connectivity index (χ3n) is 5.56. The number of carbonyl (C=O) groups excluding carboxylic acids is 1. The fourth-order valence-electron chi connectivity index (χ4n) is 3.88. The first-order valence-corrected chi connectivity index (χ1v) is 11.6. The summed E-state index contributed by atoms with van der Waals surface area (Å²) in [5.74, 6) is 0. The predicted octanol–water partition coefficient (Wildman–Crippen LogP) is 5.69. The van der Waals surface area contributed by atoms with Gasteiger partial charge in [0.1, 0.15) is 10.7 Å². The molecule has 10 heteroatoms. The molecular weight excluding hydrogens is 453 g/mol. The average molecular weight is 477 g/mol. The summed E-state index contributed by atoms with van der Waals surface area (Å²) in [6.45, 7) is 0.0252. The maximum Gasteiger partial charge on any atom is 0.433 e. The van der Waals surface area contributed by atoms with Gasteiger partial charge in [-0.15, -0.1) is 11.8 Å². The standard InChI is InChI=1S/C23H23F3N4O2S/c24-23(25,26)19-10-9-14(21(30-19)33-15-5-2-1-3-6-15)13-28-22(32)29-18-8-4-7-17-16(18)11-12-27-20(17)31/h4,7-12,15H,1-3,5-6,13H2,(H,27,31)(H2,28,29,32). The molecule has 1 fully saturated rings. The van der Waals surface area contributed by atoms with Gasteiger partial charge in [0.2, 0.25) is 0 Å². The van der Waals surface area contributed by atoms with Crippen molar-refractivity contribution in [2.24, 2.45) is 0 Å². The van der Waals surface area contributed by atoms with Gasteiger partial charge < -0.3 is 15.6 Å². The number of nitrogens with zero attached hydrogens (tertiary/aromatic N) is 1. The number of thioether (sulfide) groups is 1. The fourth-order valence-corrected chi connectivity index (χ4v) is 5.20. The molecule has 0 radical (unpaired) electrons. The Morgan fingerprint density at radius 3 is 2.64 bits per heavy atom. The van der Waals surface area contributed by atoms with Crippen LogP contribution >= 0.6 is 11.8 Å². The van der Waals surface area contributed by atoms with Gasteiger partial charge in [0.25, 0.3) is 5.56 Å². The summed E-state index contributed by atoms with van der Waals surface area (Å²) in [6.07, 6.45) is 2.10. The summed E-state index contributed by atoms with van der Waals surface area (Å²) in [5.41, 5.74) is -0.215. The number of aromatic nitrogens is 2. The number of amides is 2. The first kappa shape index (κ1) is 23.2. The third kappa shape index (κ3) is 5.68. The van der Waals surface area contributed by atoms with Crippen molar-refractivity contribution in [3.05, 3.63) is 64.2 Å². The lowest BCUT2D eigenvalue weighted by Crippen LogP contribution is -2.29. The second-order valence-electron chi connectivity index (χ2n) is 7.92. The summed E-state index contributed by atoms with van der Waals surface area (Å²) < 4.78 is 39.6. The van der Waals surface area contributed by atoms with Gasteiger partial charge in [0.15, 0.2) is 0 Å². The Morgan fingerprint density at radius 2 is 1.88 bits per heavy atom. The van der Waals surface area contributed by atoms with Crippen LogP contribution in [0, 0.1) is 0 Å². The molecule has 1 aliphatic rings. The number of anilines is 1. The number of nitrogens with one attached hydrogen (secondary N) is 3. The van der Waals surface area contributed by atoms with Gasteiger partial charge in [-0.3, -0.25) is 4.79 Å². The number of pyridine rings is 2. The van der Waals surface area contributed by atoms with Crippen molar-refractivity contribution in [1.82, 2.24) is 15.3 Å². The molecule has 6 nitrogen and oxygen atoms in total. The molecule has 0 bridgehead atoms. The largest absolute Gasteiger partial charge is 0.433 e. The molecule has 2 heterocycles. The summed E-state index contributed by atoms with van der Waals surface area (Å²) >= 11 is 1.36.